The van der Waals surface area contributed by atoms with Gasteiger partial charge in [-0.2, -0.15) is 5.10 Å². The highest BCUT2D eigenvalue weighted by Gasteiger charge is 2.47. The van der Waals surface area contributed by atoms with Gasteiger partial charge < -0.3 is 29.2 Å². The molecule has 0 radical (unpaired) electrons. The molecule has 6 aromatic rings. The van der Waals surface area contributed by atoms with E-state index in [0.717, 1.165) is 52.9 Å². The minimum atomic E-state index is -0.567. The molecular formula is C37H37FN8O3. The van der Waals surface area contributed by atoms with Crippen LogP contribution in [0.5, 0.6) is 11.6 Å². The van der Waals surface area contributed by atoms with Crippen molar-refractivity contribution in [2.45, 2.75) is 50.9 Å². The molecule has 1 aliphatic heterocycles. The molecule has 0 spiro atoms. The number of piperidine rings is 1. The first kappa shape index (κ1) is 29.9. The number of imidazole rings is 1. The van der Waals surface area contributed by atoms with Gasteiger partial charge in [-0.15, -0.1) is 0 Å². The largest absolute Gasteiger partial charge is 0.494 e. The number of amides is 1. The summed E-state index contributed by atoms with van der Waals surface area (Å²) in [6.07, 6.45) is 9.57. The highest BCUT2D eigenvalue weighted by atomic mass is 19.1. The summed E-state index contributed by atoms with van der Waals surface area (Å²) >= 11 is 0. The van der Waals surface area contributed by atoms with E-state index in [2.05, 4.69) is 49.5 Å². The first-order valence-corrected chi connectivity index (χ1v) is 16.9. The van der Waals surface area contributed by atoms with Gasteiger partial charge in [0.1, 0.15) is 11.3 Å². The fourth-order valence-corrected chi connectivity index (χ4v) is 7.91. The van der Waals surface area contributed by atoms with Crippen molar-refractivity contribution in [1.82, 2.24) is 33.8 Å². The fraction of sp³-hybridized carbons (Fsp3) is 0.351. The summed E-state index contributed by atoms with van der Waals surface area (Å²) in [6.45, 7) is 1.99. The number of para-hydroxylation sites is 1. The van der Waals surface area contributed by atoms with Crippen LogP contribution in [-0.2, 0) is 13.1 Å². The molecule has 49 heavy (non-hydrogen) atoms. The first-order chi connectivity index (χ1) is 23.9. The van der Waals surface area contributed by atoms with Crippen molar-refractivity contribution in [3.05, 3.63) is 84.1 Å². The van der Waals surface area contributed by atoms with E-state index in [1.54, 1.807) is 18.0 Å². The van der Waals surface area contributed by atoms with Crippen LogP contribution in [0.1, 0.15) is 41.6 Å². The molecule has 2 unspecified atom stereocenters. The molecule has 5 heterocycles. The summed E-state index contributed by atoms with van der Waals surface area (Å²) in [4.78, 5) is 25.3. The molecule has 1 amide bonds. The zero-order valence-corrected chi connectivity index (χ0v) is 27.4. The van der Waals surface area contributed by atoms with E-state index in [1.165, 1.54) is 32.2 Å². The van der Waals surface area contributed by atoms with Crippen LogP contribution in [0.15, 0.2) is 67.1 Å². The van der Waals surface area contributed by atoms with E-state index < -0.39 is 5.82 Å². The second kappa shape index (κ2) is 11.4. The maximum Gasteiger partial charge on any atom is 0.254 e. The van der Waals surface area contributed by atoms with Crippen molar-refractivity contribution in [1.29, 1.82) is 0 Å². The number of nitrogens with zero attached hydrogens (tertiary/aromatic N) is 7. The Morgan fingerprint density at radius 2 is 1.88 bits per heavy atom. The summed E-state index contributed by atoms with van der Waals surface area (Å²) in [5, 5.41) is 5.67. The monoisotopic (exact) mass is 660 g/mol. The molecular weight excluding hydrogens is 623 g/mol. The minimum Gasteiger partial charge on any atom is -0.494 e. The number of halogens is 1. The number of benzene rings is 2. The Kier molecular flexibility index (Phi) is 6.97. The Balaban J connectivity index is 1.18. The van der Waals surface area contributed by atoms with Crippen LogP contribution in [0, 0.1) is 17.7 Å². The second-order valence-electron chi connectivity index (χ2n) is 13.6. The van der Waals surface area contributed by atoms with Gasteiger partial charge in [0.2, 0.25) is 5.88 Å². The van der Waals surface area contributed by atoms with Crippen molar-refractivity contribution in [3.8, 4) is 28.8 Å². The van der Waals surface area contributed by atoms with E-state index in [9.17, 15) is 9.18 Å². The number of pyridine rings is 1. The number of rotatable bonds is 9. The topological polar surface area (TPSA) is 118 Å². The molecule has 12 heteroatoms. The number of hydrogen-bond donors (Lipinski definition) is 1. The quantitative estimate of drug-likeness (QED) is 0.220. The summed E-state index contributed by atoms with van der Waals surface area (Å²) in [5.41, 5.74) is 12.0. The van der Waals surface area contributed by atoms with Crippen molar-refractivity contribution in [2.75, 3.05) is 20.8 Å². The SMILES string of the molecule is COc1ncc(-n2cc(Cn3c(-c4cc5ccccc5n4CC4CC4)nc4cc(C(=O)N5CC6CCC5[C@@H]6N)cc(OC)c43)cn2)cc1F. The van der Waals surface area contributed by atoms with E-state index in [4.69, 9.17) is 20.2 Å². The molecule has 2 bridgehead atoms. The third-order valence-electron chi connectivity index (χ3n) is 10.6. The minimum absolute atomic E-state index is 0.0277. The molecule has 9 rings (SSSR count). The van der Waals surface area contributed by atoms with Gasteiger partial charge in [0, 0.05) is 59.5 Å². The van der Waals surface area contributed by atoms with E-state index in [1.807, 2.05) is 23.2 Å². The third kappa shape index (κ3) is 4.96. The molecule has 3 atom stereocenters. The Bertz CT molecular complexity index is 2250. The molecule has 2 aromatic carbocycles. The lowest BCUT2D eigenvalue weighted by atomic mass is 10.1. The highest BCUT2D eigenvalue weighted by Crippen LogP contribution is 2.41. The number of methoxy groups -OCH3 is 2. The van der Waals surface area contributed by atoms with Crippen LogP contribution >= 0.6 is 0 Å². The number of carbonyl (C=O) groups excluding carboxylic acids is 1. The smallest absolute Gasteiger partial charge is 0.254 e. The van der Waals surface area contributed by atoms with E-state index in [-0.39, 0.29) is 23.9 Å². The predicted molar refractivity (Wildman–Crippen MR) is 182 cm³/mol. The number of likely N-dealkylation sites (tertiary alicyclic amines) is 1. The average molecular weight is 661 g/mol. The number of fused-ring (bicyclic) bond motifs is 4. The Morgan fingerprint density at radius 3 is 2.61 bits per heavy atom. The highest BCUT2D eigenvalue weighted by molar-refractivity contribution is 6.00. The molecule has 11 nitrogen and oxygen atoms in total. The first-order valence-electron chi connectivity index (χ1n) is 16.9. The van der Waals surface area contributed by atoms with Gasteiger partial charge in [-0.3, -0.25) is 4.79 Å². The average Bonchev–Trinajstić information content (AvgIpc) is 3.43. The molecule has 3 fully saturated rings. The van der Waals surface area contributed by atoms with Crippen molar-refractivity contribution in [3.63, 3.8) is 0 Å². The van der Waals surface area contributed by atoms with Crippen LogP contribution in [0.25, 0.3) is 39.1 Å². The zero-order chi connectivity index (χ0) is 33.4. The van der Waals surface area contributed by atoms with Crippen molar-refractivity contribution >= 4 is 27.8 Å². The zero-order valence-electron chi connectivity index (χ0n) is 27.4. The van der Waals surface area contributed by atoms with E-state index in [0.29, 0.717) is 47.4 Å². The number of ether oxygens (including phenoxy) is 2. The number of hydrogen-bond acceptors (Lipinski definition) is 7. The molecule has 2 saturated carbocycles. The maximum absolute atomic E-state index is 14.5. The summed E-state index contributed by atoms with van der Waals surface area (Å²) in [5.74, 6) is 1.63. The third-order valence-corrected chi connectivity index (χ3v) is 10.6. The lowest BCUT2D eigenvalue weighted by Gasteiger charge is -2.27. The summed E-state index contributed by atoms with van der Waals surface area (Å²) < 4.78 is 31.6. The van der Waals surface area contributed by atoms with Crippen LogP contribution in [0.4, 0.5) is 4.39 Å². The Morgan fingerprint density at radius 1 is 1.02 bits per heavy atom. The van der Waals surface area contributed by atoms with Crippen LogP contribution in [0.2, 0.25) is 0 Å². The molecule has 2 N–H and O–H groups in total. The van der Waals surface area contributed by atoms with Crippen molar-refractivity contribution in [2.24, 2.45) is 17.6 Å². The van der Waals surface area contributed by atoms with Crippen LogP contribution in [0.3, 0.4) is 0 Å². The lowest BCUT2D eigenvalue weighted by Crippen LogP contribution is -2.41. The number of aromatic nitrogens is 6. The van der Waals surface area contributed by atoms with Crippen LogP contribution in [-0.4, -0.2) is 72.5 Å². The lowest BCUT2D eigenvalue weighted by molar-refractivity contribution is 0.0700. The van der Waals surface area contributed by atoms with Gasteiger partial charge >= 0.3 is 0 Å². The normalized spacial score (nSPS) is 20.2. The van der Waals surface area contributed by atoms with Crippen molar-refractivity contribution < 1.29 is 18.7 Å². The molecule has 3 aliphatic rings. The van der Waals surface area contributed by atoms with Gasteiger partial charge in [0.15, 0.2) is 11.6 Å². The van der Waals surface area contributed by atoms with Gasteiger partial charge in [-0.05, 0) is 61.8 Å². The van der Waals surface area contributed by atoms with Crippen LogP contribution < -0.4 is 15.2 Å². The van der Waals surface area contributed by atoms with E-state index >= 15 is 0 Å². The maximum atomic E-state index is 14.5. The Hall–Kier alpha value is -5.23. The standard InChI is InChI=1S/C37H37FN8O3/c1-48-32-13-25(37(47)44-20-24-9-10-30(44)33(24)39)11-28-34(32)45(18-22-15-41-46(19-22)26-14-27(38)36(49-2)40-16-26)35(42-28)31-12-23-5-3-4-6-29(23)43(31)17-21-7-8-21/h3-6,11-16,19,21,24,30,33H,7-10,17-18,20,39H2,1-2H3/t24?,30?,33-/m1/s1. The van der Waals surface area contributed by atoms with Gasteiger partial charge in [-0.25, -0.2) is 19.0 Å². The summed E-state index contributed by atoms with van der Waals surface area (Å²) in [6, 6.07) is 15.8. The summed E-state index contributed by atoms with van der Waals surface area (Å²) in [7, 11) is 3.01. The molecule has 2 aliphatic carbocycles. The number of carbonyl (C=O) groups is 1. The predicted octanol–water partition coefficient (Wildman–Crippen LogP) is 5.42. The number of nitrogens with two attached hydrogens (primary N) is 1. The molecule has 4 aromatic heterocycles. The molecule has 1 saturated heterocycles. The van der Waals surface area contributed by atoms with Gasteiger partial charge in [0.05, 0.1) is 50.1 Å². The molecule has 250 valence electrons. The Labute approximate surface area is 282 Å². The van der Waals surface area contributed by atoms with Gasteiger partial charge in [0.25, 0.3) is 5.91 Å². The fourth-order valence-electron chi connectivity index (χ4n) is 7.91. The van der Waals surface area contributed by atoms with Gasteiger partial charge in [-0.1, -0.05) is 18.2 Å². The second-order valence-corrected chi connectivity index (χ2v) is 13.6.